The van der Waals surface area contributed by atoms with Crippen molar-refractivity contribution in [2.45, 2.75) is 78.9 Å². The van der Waals surface area contributed by atoms with Crippen LogP contribution in [0.4, 0.5) is 0 Å². The van der Waals surface area contributed by atoms with Gasteiger partial charge in [0.15, 0.2) is 0 Å². The first-order valence-electron chi connectivity index (χ1n) is 13.3. The summed E-state index contributed by atoms with van der Waals surface area (Å²) in [5.41, 5.74) is 0. The molecule has 0 heterocycles. The minimum absolute atomic E-state index is 0.101. The fraction of sp³-hybridized carbons (Fsp3) is 0.778. The molecule has 0 aromatic carbocycles. The summed E-state index contributed by atoms with van der Waals surface area (Å²) in [4.78, 5) is 76.6. The zero-order chi connectivity index (χ0) is 30.0. The lowest BCUT2D eigenvalue weighted by molar-refractivity contribution is -0.149. The largest absolute Gasteiger partial charge is 0.467 e. The molecular formula is C27H45N3O9. The molecule has 0 aliphatic heterocycles. The maximum absolute atomic E-state index is 13.3. The lowest BCUT2D eigenvalue weighted by atomic mass is 9.73. The monoisotopic (exact) mass is 555 g/mol. The van der Waals surface area contributed by atoms with Gasteiger partial charge >= 0.3 is 17.9 Å². The second kappa shape index (κ2) is 15.4. The number of carbonyl (C=O) groups excluding carboxylic acids is 6. The summed E-state index contributed by atoms with van der Waals surface area (Å²) in [5.74, 6) is -6.43. The van der Waals surface area contributed by atoms with Crippen molar-refractivity contribution in [2.75, 3.05) is 21.3 Å². The molecule has 3 N–H and O–H groups in total. The highest BCUT2D eigenvalue weighted by Gasteiger charge is 2.42. The van der Waals surface area contributed by atoms with Crippen molar-refractivity contribution in [1.82, 2.24) is 16.0 Å². The molecule has 222 valence electrons. The molecule has 1 fully saturated rings. The number of rotatable bonds is 12. The molecule has 39 heavy (non-hydrogen) atoms. The van der Waals surface area contributed by atoms with E-state index in [1.165, 1.54) is 21.3 Å². The Morgan fingerprint density at radius 3 is 0.846 bits per heavy atom. The second-order valence-corrected chi connectivity index (χ2v) is 11.1. The highest BCUT2D eigenvalue weighted by Crippen LogP contribution is 2.35. The minimum atomic E-state index is -0.904. The third-order valence-electron chi connectivity index (χ3n) is 7.08. The Morgan fingerprint density at radius 2 is 0.692 bits per heavy atom. The van der Waals surface area contributed by atoms with Gasteiger partial charge in [0.25, 0.3) is 0 Å². The van der Waals surface area contributed by atoms with Crippen LogP contribution in [0.15, 0.2) is 0 Å². The summed E-state index contributed by atoms with van der Waals surface area (Å²) in [6.07, 6.45) is 0.304. The molecule has 1 aliphatic rings. The van der Waals surface area contributed by atoms with Crippen LogP contribution < -0.4 is 16.0 Å². The summed E-state index contributed by atoms with van der Waals surface area (Å²) < 4.78 is 14.4. The van der Waals surface area contributed by atoms with Crippen LogP contribution in [-0.4, -0.2) is 75.1 Å². The van der Waals surface area contributed by atoms with Crippen molar-refractivity contribution in [3.8, 4) is 0 Å². The first kappa shape index (κ1) is 33.8. The van der Waals surface area contributed by atoms with Crippen LogP contribution in [0.25, 0.3) is 0 Å². The normalized spacial score (nSPS) is 21.4. The van der Waals surface area contributed by atoms with Crippen LogP contribution in [0.5, 0.6) is 0 Å². The van der Waals surface area contributed by atoms with Gasteiger partial charge in [-0.05, 0) is 37.0 Å². The first-order valence-corrected chi connectivity index (χ1v) is 13.3. The predicted molar refractivity (Wildman–Crippen MR) is 141 cm³/mol. The molecule has 0 radical (unpaired) electrons. The molecule has 12 heteroatoms. The SMILES string of the molecule is COC(=O)[C@@H](NC(=O)C1CC(C(=O)N[C@H](C(=O)OC)C(C)C)CC(C(=O)N[C@H](C(=O)OC)C(C)C)C1)C(C)C. The minimum Gasteiger partial charge on any atom is -0.467 e. The third kappa shape index (κ3) is 9.50. The van der Waals surface area contributed by atoms with Gasteiger partial charge in [0.1, 0.15) is 18.1 Å². The van der Waals surface area contributed by atoms with Crippen molar-refractivity contribution >= 4 is 35.6 Å². The van der Waals surface area contributed by atoms with Crippen LogP contribution >= 0.6 is 0 Å². The Labute approximate surface area is 230 Å². The number of hydrogen-bond donors (Lipinski definition) is 3. The molecule has 0 unspecified atom stereocenters. The summed E-state index contributed by atoms with van der Waals surface area (Å²) >= 11 is 0. The average Bonchev–Trinajstić information content (AvgIpc) is 2.90. The summed E-state index contributed by atoms with van der Waals surface area (Å²) in [5, 5.41) is 8.11. The number of carbonyl (C=O) groups is 6. The second-order valence-electron chi connectivity index (χ2n) is 11.1. The Hall–Kier alpha value is -3.18. The van der Waals surface area contributed by atoms with E-state index in [1.54, 1.807) is 41.5 Å². The zero-order valence-corrected chi connectivity index (χ0v) is 24.5. The van der Waals surface area contributed by atoms with Crippen LogP contribution in [0, 0.1) is 35.5 Å². The van der Waals surface area contributed by atoms with E-state index in [0.717, 1.165) is 0 Å². The van der Waals surface area contributed by atoms with E-state index in [9.17, 15) is 28.8 Å². The Bertz CT molecular complexity index is 783. The number of esters is 3. The maximum Gasteiger partial charge on any atom is 0.328 e. The molecule has 1 rings (SSSR count). The average molecular weight is 556 g/mol. The molecule has 3 amide bonds. The molecule has 1 aliphatic carbocycles. The quantitative estimate of drug-likeness (QED) is 0.235. The third-order valence-corrected chi connectivity index (χ3v) is 7.08. The molecule has 0 spiro atoms. The van der Waals surface area contributed by atoms with E-state index in [2.05, 4.69) is 16.0 Å². The lowest BCUT2D eigenvalue weighted by Crippen LogP contribution is -2.53. The highest BCUT2D eigenvalue weighted by atomic mass is 16.5. The van der Waals surface area contributed by atoms with E-state index < -0.39 is 71.5 Å². The van der Waals surface area contributed by atoms with Gasteiger partial charge in [-0.3, -0.25) is 14.4 Å². The standard InChI is InChI=1S/C27H45N3O9/c1-13(2)19(25(34)37-7)28-22(31)16-10-17(23(32)29-20(14(3)4)26(35)38-8)12-18(11-16)24(33)30-21(15(5)6)27(36)39-9/h13-21H,10-12H2,1-9H3,(H,28,31)(H,29,32)(H,30,33)/t16?,17?,18?,19-,20-,21-/m0/s1. The van der Waals surface area contributed by atoms with E-state index in [1.807, 2.05) is 0 Å². The van der Waals surface area contributed by atoms with Crippen molar-refractivity contribution in [1.29, 1.82) is 0 Å². The van der Waals surface area contributed by atoms with Gasteiger partial charge < -0.3 is 30.2 Å². The predicted octanol–water partition coefficient (Wildman–Crippen LogP) is 0.960. The number of amides is 3. The Morgan fingerprint density at radius 1 is 0.487 bits per heavy atom. The van der Waals surface area contributed by atoms with E-state index in [0.29, 0.717) is 0 Å². The van der Waals surface area contributed by atoms with Gasteiger partial charge in [-0.15, -0.1) is 0 Å². The lowest BCUT2D eigenvalue weighted by Gasteiger charge is -2.35. The number of hydrogen-bond acceptors (Lipinski definition) is 9. The summed E-state index contributed by atoms with van der Waals surface area (Å²) in [6, 6.07) is -2.71. The Balaban J connectivity index is 3.27. The topological polar surface area (TPSA) is 166 Å². The van der Waals surface area contributed by atoms with Gasteiger partial charge in [0, 0.05) is 17.8 Å². The number of ether oxygens (including phenoxy) is 3. The molecule has 1 saturated carbocycles. The fourth-order valence-electron chi connectivity index (χ4n) is 4.65. The van der Waals surface area contributed by atoms with E-state index in [4.69, 9.17) is 14.2 Å². The molecule has 0 bridgehead atoms. The van der Waals surface area contributed by atoms with E-state index >= 15 is 0 Å². The van der Waals surface area contributed by atoms with E-state index in [-0.39, 0.29) is 37.0 Å². The molecule has 12 nitrogen and oxygen atoms in total. The molecular weight excluding hydrogens is 510 g/mol. The van der Waals surface area contributed by atoms with Gasteiger partial charge in [-0.25, -0.2) is 14.4 Å². The first-order chi connectivity index (χ1) is 18.2. The van der Waals surface area contributed by atoms with Crippen LogP contribution in [0.3, 0.4) is 0 Å². The molecule has 0 aromatic rings. The van der Waals surface area contributed by atoms with Crippen LogP contribution in [0.1, 0.15) is 60.8 Å². The van der Waals surface area contributed by atoms with Gasteiger partial charge in [-0.1, -0.05) is 41.5 Å². The number of methoxy groups -OCH3 is 3. The summed E-state index contributed by atoms with van der Waals surface area (Å²) in [7, 11) is 3.68. The zero-order valence-electron chi connectivity index (χ0n) is 24.5. The van der Waals surface area contributed by atoms with Crippen molar-refractivity contribution in [2.24, 2.45) is 35.5 Å². The molecule has 0 aromatic heterocycles. The highest BCUT2D eigenvalue weighted by molar-refractivity contribution is 5.91. The van der Waals surface area contributed by atoms with Crippen LogP contribution in [0.2, 0.25) is 0 Å². The van der Waals surface area contributed by atoms with Crippen molar-refractivity contribution < 1.29 is 43.0 Å². The van der Waals surface area contributed by atoms with Crippen molar-refractivity contribution in [3.63, 3.8) is 0 Å². The molecule has 3 atom stereocenters. The number of nitrogens with one attached hydrogen (secondary N) is 3. The van der Waals surface area contributed by atoms with Crippen LogP contribution in [-0.2, 0) is 43.0 Å². The molecule has 0 saturated heterocycles. The smallest absolute Gasteiger partial charge is 0.328 e. The maximum atomic E-state index is 13.3. The van der Waals surface area contributed by atoms with Gasteiger partial charge in [-0.2, -0.15) is 0 Å². The Kier molecular flexibility index (Phi) is 13.4. The fourth-order valence-corrected chi connectivity index (χ4v) is 4.65. The summed E-state index contributed by atoms with van der Waals surface area (Å²) in [6.45, 7) is 10.5. The van der Waals surface area contributed by atoms with Gasteiger partial charge in [0.05, 0.1) is 21.3 Å². The van der Waals surface area contributed by atoms with Gasteiger partial charge in [0.2, 0.25) is 17.7 Å². The van der Waals surface area contributed by atoms with Crippen molar-refractivity contribution in [3.05, 3.63) is 0 Å².